The lowest BCUT2D eigenvalue weighted by atomic mass is 10.0. The number of anilines is 2. The zero-order valence-corrected chi connectivity index (χ0v) is 16.2. The highest BCUT2D eigenvalue weighted by Gasteiger charge is 2.34. The SMILES string of the molecule is O=C(Nc1ccc(F)cc1)[C@@H](c1ccccc1)[NH+]1CCN(c2ccccc2)CC1. The molecule has 3 aromatic rings. The van der Waals surface area contributed by atoms with Gasteiger partial charge < -0.3 is 15.1 Å². The molecular formula is C24H25FN3O+. The summed E-state index contributed by atoms with van der Waals surface area (Å²) in [5.74, 6) is -0.378. The van der Waals surface area contributed by atoms with E-state index in [0.29, 0.717) is 5.69 Å². The van der Waals surface area contributed by atoms with Gasteiger partial charge in [0.25, 0.3) is 5.91 Å². The van der Waals surface area contributed by atoms with Crippen LogP contribution in [0, 0.1) is 5.82 Å². The molecule has 1 amide bonds. The van der Waals surface area contributed by atoms with Gasteiger partial charge in [-0.2, -0.15) is 0 Å². The van der Waals surface area contributed by atoms with Crippen LogP contribution in [0.1, 0.15) is 11.6 Å². The fraction of sp³-hybridized carbons (Fsp3) is 0.208. The second-order valence-electron chi connectivity index (χ2n) is 7.32. The first kappa shape index (κ1) is 19.2. The molecule has 0 radical (unpaired) electrons. The van der Waals surface area contributed by atoms with E-state index in [0.717, 1.165) is 31.7 Å². The number of carbonyl (C=O) groups excluding carboxylic acids is 1. The van der Waals surface area contributed by atoms with Gasteiger partial charge in [-0.25, -0.2) is 4.39 Å². The molecule has 4 nitrogen and oxygen atoms in total. The van der Waals surface area contributed by atoms with Crippen molar-refractivity contribution in [1.29, 1.82) is 0 Å². The summed E-state index contributed by atoms with van der Waals surface area (Å²) < 4.78 is 13.2. The Morgan fingerprint density at radius 3 is 2.07 bits per heavy atom. The first-order chi connectivity index (χ1) is 14.2. The highest BCUT2D eigenvalue weighted by Crippen LogP contribution is 2.17. The number of carbonyl (C=O) groups is 1. The van der Waals surface area contributed by atoms with Crippen LogP contribution in [0.4, 0.5) is 15.8 Å². The van der Waals surface area contributed by atoms with E-state index < -0.39 is 0 Å². The van der Waals surface area contributed by atoms with Crippen LogP contribution in [-0.2, 0) is 4.79 Å². The van der Waals surface area contributed by atoms with Crippen molar-refractivity contribution in [2.75, 3.05) is 36.4 Å². The summed E-state index contributed by atoms with van der Waals surface area (Å²) in [4.78, 5) is 16.8. The third-order valence-corrected chi connectivity index (χ3v) is 5.44. The van der Waals surface area contributed by atoms with Gasteiger partial charge in [-0.15, -0.1) is 0 Å². The number of nitrogens with one attached hydrogen (secondary N) is 2. The summed E-state index contributed by atoms with van der Waals surface area (Å²) in [6, 6.07) is 25.9. The molecule has 0 unspecified atom stereocenters. The summed E-state index contributed by atoms with van der Waals surface area (Å²) in [7, 11) is 0. The van der Waals surface area contributed by atoms with Crippen molar-refractivity contribution in [2.24, 2.45) is 0 Å². The Morgan fingerprint density at radius 1 is 0.862 bits per heavy atom. The molecule has 148 valence electrons. The minimum atomic E-state index is -0.315. The van der Waals surface area contributed by atoms with Crippen molar-refractivity contribution < 1.29 is 14.1 Å². The van der Waals surface area contributed by atoms with E-state index in [1.807, 2.05) is 36.4 Å². The van der Waals surface area contributed by atoms with Crippen LogP contribution in [0.5, 0.6) is 0 Å². The van der Waals surface area contributed by atoms with Gasteiger partial charge in [0.05, 0.1) is 26.2 Å². The Morgan fingerprint density at radius 2 is 1.45 bits per heavy atom. The van der Waals surface area contributed by atoms with Gasteiger partial charge in [0.2, 0.25) is 0 Å². The summed E-state index contributed by atoms with van der Waals surface area (Å²) >= 11 is 0. The van der Waals surface area contributed by atoms with Gasteiger partial charge in [0.1, 0.15) is 5.82 Å². The molecule has 1 aliphatic heterocycles. The van der Waals surface area contributed by atoms with Crippen LogP contribution in [0.3, 0.4) is 0 Å². The number of hydrogen-bond acceptors (Lipinski definition) is 2. The number of rotatable bonds is 5. The number of benzene rings is 3. The third kappa shape index (κ3) is 4.63. The largest absolute Gasteiger partial charge is 0.360 e. The van der Waals surface area contributed by atoms with E-state index in [2.05, 4.69) is 34.5 Å². The van der Waals surface area contributed by atoms with Crippen molar-refractivity contribution in [3.8, 4) is 0 Å². The van der Waals surface area contributed by atoms with Gasteiger partial charge >= 0.3 is 0 Å². The Kier molecular flexibility index (Phi) is 5.86. The topological polar surface area (TPSA) is 36.8 Å². The van der Waals surface area contributed by atoms with E-state index in [1.165, 1.54) is 22.7 Å². The lowest BCUT2D eigenvalue weighted by Gasteiger charge is -2.37. The summed E-state index contributed by atoms with van der Waals surface area (Å²) in [6.45, 7) is 3.52. The molecule has 1 fully saturated rings. The molecule has 1 aliphatic rings. The predicted molar refractivity (Wildman–Crippen MR) is 114 cm³/mol. The van der Waals surface area contributed by atoms with E-state index >= 15 is 0 Å². The standard InChI is InChI=1S/C24H24FN3O/c25-20-11-13-21(14-12-20)26-24(29)23(19-7-3-1-4-8-19)28-17-15-27(16-18-28)22-9-5-2-6-10-22/h1-14,23H,15-18H2,(H,26,29)/p+1/t23-/m1/s1. The Hall–Kier alpha value is -3.18. The third-order valence-electron chi connectivity index (χ3n) is 5.44. The maximum atomic E-state index is 13.2. The average Bonchev–Trinajstić information content (AvgIpc) is 2.77. The van der Waals surface area contributed by atoms with Crippen molar-refractivity contribution >= 4 is 17.3 Å². The van der Waals surface area contributed by atoms with E-state index in [1.54, 1.807) is 12.1 Å². The first-order valence-corrected chi connectivity index (χ1v) is 9.97. The highest BCUT2D eigenvalue weighted by molar-refractivity contribution is 5.94. The number of amides is 1. The summed E-state index contributed by atoms with van der Waals surface area (Å²) in [5.41, 5.74) is 2.83. The van der Waals surface area contributed by atoms with Crippen LogP contribution < -0.4 is 15.1 Å². The van der Waals surface area contributed by atoms with Gasteiger partial charge in [-0.3, -0.25) is 4.79 Å². The molecule has 1 heterocycles. The van der Waals surface area contributed by atoms with Gasteiger partial charge in [0, 0.05) is 16.9 Å². The quantitative estimate of drug-likeness (QED) is 0.703. The molecule has 0 saturated carbocycles. The number of hydrogen-bond donors (Lipinski definition) is 2. The molecule has 0 aliphatic carbocycles. The van der Waals surface area contributed by atoms with Crippen LogP contribution in [0.25, 0.3) is 0 Å². The molecule has 4 rings (SSSR count). The Balaban J connectivity index is 1.51. The first-order valence-electron chi connectivity index (χ1n) is 9.97. The van der Waals surface area contributed by atoms with Gasteiger partial charge in [-0.05, 0) is 36.4 Å². The lowest BCUT2D eigenvalue weighted by Crippen LogP contribution is -3.16. The molecule has 0 spiro atoms. The van der Waals surface area contributed by atoms with Crippen molar-refractivity contribution in [3.63, 3.8) is 0 Å². The van der Waals surface area contributed by atoms with E-state index in [-0.39, 0.29) is 17.8 Å². The fourth-order valence-corrected chi connectivity index (χ4v) is 3.95. The van der Waals surface area contributed by atoms with Crippen molar-refractivity contribution in [3.05, 3.63) is 96.3 Å². The molecule has 1 atom stereocenters. The smallest absolute Gasteiger partial charge is 0.287 e. The van der Waals surface area contributed by atoms with E-state index in [4.69, 9.17) is 0 Å². The fourth-order valence-electron chi connectivity index (χ4n) is 3.95. The van der Waals surface area contributed by atoms with Crippen molar-refractivity contribution in [1.82, 2.24) is 0 Å². The zero-order valence-electron chi connectivity index (χ0n) is 16.2. The Labute approximate surface area is 170 Å². The van der Waals surface area contributed by atoms with Crippen LogP contribution in [-0.4, -0.2) is 32.1 Å². The predicted octanol–water partition coefficient (Wildman–Crippen LogP) is 2.91. The molecule has 0 bridgehead atoms. The maximum absolute atomic E-state index is 13.2. The average molecular weight is 390 g/mol. The Bertz CT molecular complexity index is 923. The number of piperazine rings is 1. The lowest BCUT2D eigenvalue weighted by molar-refractivity contribution is -0.922. The normalized spacial score (nSPS) is 15.7. The summed E-state index contributed by atoms with van der Waals surface area (Å²) in [6.07, 6.45) is 0. The number of halogens is 1. The van der Waals surface area contributed by atoms with E-state index in [9.17, 15) is 9.18 Å². The molecule has 5 heteroatoms. The van der Waals surface area contributed by atoms with Gasteiger partial charge in [-0.1, -0.05) is 48.5 Å². The summed E-state index contributed by atoms with van der Waals surface area (Å²) in [5, 5.41) is 2.97. The van der Waals surface area contributed by atoms with Crippen LogP contribution in [0.15, 0.2) is 84.9 Å². The molecule has 29 heavy (non-hydrogen) atoms. The second-order valence-corrected chi connectivity index (χ2v) is 7.32. The second kappa shape index (κ2) is 8.88. The van der Waals surface area contributed by atoms with Crippen LogP contribution >= 0.6 is 0 Å². The zero-order chi connectivity index (χ0) is 20.1. The van der Waals surface area contributed by atoms with Crippen molar-refractivity contribution in [2.45, 2.75) is 6.04 Å². The molecule has 0 aromatic heterocycles. The maximum Gasteiger partial charge on any atom is 0.287 e. The van der Waals surface area contributed by atoms with Gasteiger partial charge in [0.15, 0.2) is 6.04 Å². The number of quaternary nitrogens is 1. The number of nitrogens with zero attached hydrogens (tertiary/aromatic N) is 1. The molecule has 1 saturated heterocycles. The molecule has 2 N–H and O–H groups in total. The minimum Gasteiger partial charge on any atom is -0.360 e. The molecule has 3 aromatic carbocycles. The number of para-hydroxylation sites is 1. The van der Waals surface area contributed by atoms with Crippen LogP contribution in [0.2, 0.25) is 0 Å². The molecular weight excluding hydrogens is 365 g/mol. The monoisotopic (exact) mass is 390 g/mol. The highest BCUT2D eigenvalue weighted by atomic mass is 19.1. The minimum absolute atomic E-state index is 0.0639.